The van der Waals surface area contributed by atoms with Gasteiger partial charge in [-0.3, -0.25) is 9.59 Å². The summed E-state index contributed by atoms with van der Waals surface area (Å²) in [7, 11) is 0. The van der Waals surface area contributed by atoms with Gasteiger partial charge in [0, 0.05) is 23.5 Å². The second-order valence-corrected chi connectivity index (χ2v) is 5.19. The highest BCUT2D eigenvalue weighted by Crippen LogP contribution is 2.19. The Kier molecular flexibility index (Phi) is 5.15. The number of hydrogen-bond donors (Lipinski definition) is 3. The Morgan fingerprint density at radius 1 is 1.39 bits per heavy atom. The lowest BCUT2D eigenvalue weighted by atomic mass is 10.0. The number of nitriles is 1. The summed E-state index contributed by atoms with van der Waals surface area (Å²) in [5.74, 6) is -0.839. The molecule has 2 atom stereocenters. The minimum Gasteiger partial charge on any atom is -0.361 e. The molecule has 0 aliphatic rings. The Morgan fingerprint density at radius 2 is 2.13 bits per heavy atom. The monoisotopic (exact) mass is 310 g/mol. The van der Waals surface area contributed by atoms with Crippen molar-refractivity contribution in [2.24, 2.45) is 0 Å². The molecule has 6 heteroatoms. The van der Waals surface area contributed by atoms with E-state index >= 15 is 0 Å². The van der Waals surface area contributed by atoms with Gasteiger partial charge in [-0.2, -0.15) is 5.26 Å². The van der Waals surface area contributed by atoms with Crippen LogP contribution in [0.2, 0.25) is 0 Å². The fourth-order valence-corrected chi connectivity index (χ4v) is 2.31. The van der Waals surface area contributed by atoms with E-state index in [2.05, 4.69) is 22.2 Å². The van der Waals surface area contributed by atoms with Gasteiger partial charge in [0.2, 0.25) is 11.8 Å². The minimum absolute atomic E-state index is 0.313. The van der Waals surface area contributed by atoms with Crippen LogP contribution in [0.1, 0.15) is 12.5 Å². The number of benzene rings is 1. The molecule has 0 bridgehead atoms. The van der Waals surface area contributed by atoms with Crippen molar-refractivity contribution in [2.45, 2.75) is 25.4 Å². The van der Waals surface area contributed by atoms with Gasteiger partial charge < -0.3 is 15.6 Å². The number of amides is 2. The van der Waals surface area contributed by atoms with Gasteiger partial charge in [0.15, 0.2) is 0 Å². The maximum Gasteiger partial charge on any atom is 0.244 e. The first-order chi connectivity index (χ1) is 11.0. The van der Waals surface area contributed by atoms with E-state index in [1.807, 2.05) is 36.5 Å². The van der Waals surface area contributed by atoms with E-state index < -0.39 is 23.9 Å². The molecule has 0 saturated heterocycles. The van der Waals surface area contributed by atoms with Crippen LogP contribution in [0, 0.1) is 11.3 Å². The quantitative estimate of drug-likeness (QED) is 0.704. The van der Waals surface area contributed by atoms with Gasteiger partial charge in [0.25, 0.3) is 0 Å². The second kappa shape index (κ2) is 7.27. The van der Waals surface area contributed by atoms with Crippen molar-refractivity contribution in [3.63, 3.8) is 0 Å². The van der Waals surface area contributed by atoms with Crippen molar-refractivity contribution in [2.75, 3.05) is 0 Å². The van der Waals surface area contributed by atoms with E-state index in [0.29, 0.717) is 6.42 Å². The van der Waals surface area contributed by atoms with E-state index in [1.165, 1.54) is 0 Å². The van der Waals surface area contributed by atoms with Crippen LogP contribution in [0.3, 0.4) is 0 Å². The molecule has 2 unspecified atom stereocenters. The zero-order valence-corrected chi connectivity index (χ0v) is 12.8. The summed E-state index contributed by atoms with van der Waals surface area (Å²) >= 11 is 0. The largest absolute Gasteiger partial charge is 0.361 e. The number of H-pyrrole nitrogens is 1. The summed E-state index contributed by atoms with van der Waals surface area (Å²) in [6.07, 6.45) is 3.25. The Bertz CT molecular complexity index is 772. The predicted molar refractivity (Wildman–Crippen MR) is 87.3 cm³/mol. The molecule has 23 heavy (non-hydrogen) atoms. The van der Waals surface area contributed by atoms with Gasteiger partial charge >= 0.3 is 0 Å². The first-order valence-electron chi connectivity index (χ1n) is 7.23. The molecule has 118 valence electrons. The number of nitrogens with one attached hydrogen (secondary N) is 3. The number of para-hydroxylation sites is 1. The number of fused-ring (bicyclic) bond motifs is 1. The van der Waals surface area contributed by atoms with E-state index in [-0.39, 0.29) is 0 Å². The molecule has 3 N–H and O–H groups in total. The van der Waals surface area contributed by atoms with Crippen molar-refractivity contribution >= 4 is 22.7 Å². The number of rotatable bonds is 6. The van der Waals surface area contributed by atoms with Gasteiger partial charge in [-0.25, -0.2) is 0 Å². The van der Waals surface area contributed by atoms with Crippen LogP contribution < -0.4 is 10.6 Å². The summed E-state index contributed by atoms with van der Waals surface area (Å²) in [6, 6.07) is 8.24. The van der Waals surface area contributed by atoms with E-state index in [4.69, 9.17) is 5.26 Å². The molecular formula is C17H18N4O2. The average Bonchev–Trinajstić information content (AvgIpc) is 2.97. The van der Waals surface area contributed by atoms with Crippen molar-refractivity contribution in [3.05, 3.63) is 48.7 Å². The van der Waals surface area contributed by atoms with Crippen LogP contribution in [0.15, 0.2) is 43.1 Å². The normalized spacial score (nSPS) is 12.9. The molecule has 0 fully saturated rings. The Balaban J connectivity index is 2.23. The van der Waals surface area contributed by atoms with Crippen LogP contribution in [0.25, 0.3) is 10.9 Å². The van der Waals surface area contributed by atoms with Crippen LogP contribution in [0.5, 0.6) is 0 Å². The van der Waals surface area contributed by atoms with E-state index in [9.17, 15) is 9.59 Å². The lowest BCUT2D eigenvalue weighted by molar-refractivity contribution is -0.127. The summed E-state index contributed by atoms with van der Waals surface area (Å²) < 4.78 is 0. The SMILES string of the molecule is C=CC(=O)NC(Cc1c[nH]c2ccccc12)C(=O)NC(C)C#N. The molecule has 1 aromatic carbocycles. The zero-order valence-electron chi connectivity index (χ0n) is 12.8. The molecule has 0 spiro atoms. The highest BCUT2D eigenvalue weighted by Gasteiger charge is 2.22. The van der Waals surface area contributed by atoms with Crippen LogP contribution >= 0.6 is 0 Å². The summed E-state index contributed by atoms with van der Waals surface area (Å²) in [5, 5.41) is 15.0. The average molecular weight is 310 g/mol. The third-order valence-corrected chi connectivity index (χ3v) is 3.47. The van der Waals surface area contributed by atoms with Crippen LogP contribution in [-0.2, 0) is 16.0 Å². The van der Waals surface area contributed by atoms with Crippen molar-refractivity contribution in [3.8, 4) is 6.07 Å². The predicted octanol–water partition coefficient (Wildman–Crippen LogP) is 1.41. The maximum absolute atomic E-state index is 12.3. The molecule has 6 nitrogen and oxygen atoms in total. The third-order valence-electron chi connectivity index (χ3n) is 3.47. The summed E-state index contributed by atoms with van der Waals surface area (Å²) in [5.41, 5.74) is 1.87. The highest BCUT2D eigenvalue weighted by molar-refractivity contribution is 5.93. The van der Waals surface area contributed by atoms with Crippen molar-refractivity contribution in [1.82, 2.24) is 15.6 Å². The molecular weight excluding hydrogens is 292 g/mol. The van der Waals surface area contributed by atoms with Crippen LogP contribution in [-0.4, -0.2) is 28.9 Å². The van der Waals surface area contributed by atoms with Crippen molar-refractivity contribution < 1.29 is 9.59 Å². The smallest absolute Gasteiger partial charge is 0.244 e. The lowest BCUT2D eigenvalue weighted by Gasteiger charge is -2.18. The molecule has 0 saturated carbocycles. The molecule has 0 aliphatic heterocycles. The van der Waals surface area contributed by atoms with E-state index in [1.54, 1.807) is 6.92 Å². The van der Waals surface area contributed by atoms with Crippen molar-refractivity contribution in [1.29, 1.82) is 5.26 Å². The number of aromatic amines is 1. The molecule has 0 radical (unpaired) electrons. The molecule has 1 aromatic heterocycles. The van der Waals surface area contributed by atoms with Gasteiger partial charge in [-0.1, -0.05) is 24.8 Å². The van der Waals surface area contributed by atoms with Gasteiger partial charge in [0.05, 0.1) is 6.07 Å². The fraction of sp³-hybridized carbons (Fsp3) is 0.235. The third kappa shape index (κ3) is 3.98. The minimum atomic E-state index is -0.782. The summed E-state index contributed by atoms with van der Waals surface area (Å²) in [4.78, 5) is 27.0. The molecule has 2 rings (SSSR count). The molecule has 1 heterocycles. The number of carbonyl (C=O) groups excluding carboxylic acids is 2. The number of aromatic nitrogens is 1. The maximum atomic E-state index is 12.3. The zero-order chi connectivity index (χ0) is 16.8. The first kappa shape index (κ1) is 16.3. The second-order valence-electron chi connectivity index (χ2n) is 5.19. The molecule has 0 aliphatic carbocycles. The standard InChI is InChI=1S/C17H18N4O2/c1-3-16(22)21-15(17(23)20-11(2)9-18)8-12-10-19-14-7-5-4-6-13(12)14/h3-7,10-11,15,19H,1,8H2,2H3,(H,20,23)(H,21,22). The fourth-order valence-electron chi connectivity index (χ4n) is 2.31. The Morgan fingerprint density at radius 3 is 2.83 bits per heavy atom. The number of nitrogens with zero attached hydrogens (tertiary/aromatic N) is 1. The summed E-state index contributed by atoms with van der Waals surface area (Å²) in [6.45, 7) is 4.97. The van der Waals surface area contributed by atoms with Crippen LogP contribution in [0.4, 0.5) is 0 Å². The highest BCUT2D eigenvalue weighted by atomic mass is 16.2. The number of hydrogen-bond acceptors (Lipinski definition) is 3. The number of carbonyl (C=O) groups is 2. The Labute approximate surface area is 134 Å². The topological polar surface area (TPSA) is 97.8 Å². The molecule has 2 aromatic rings. The Hall–Kier alpha value is -3.07. The molecule has 2 amide bonds. The van der Waals surface area contributed by atoms with Gasteiger partial charge in [0.1, 0.15) is 12.1 Å². The van der Waals surface area contributed by atoms with Gasteiger partial charge in [-0.05, 0) is 24.6 Å². The first-order valence-corrected chi connectivity index (χ1v) is 7.23. The van der Waals surface area contributed by atoms with Gasteiger partial charge in [-0.15, -0.1) is 0 Å². The van der Waals surface area contributed by atoms with E-state index in [0.717, 1.165) is 22.5 Å². The lowest BCUT2D eigenvalue weighted by Crippen LogP contribution is -2.49.